The van der Waals surface area contributed by atoms with E-state index in [1.165, 1.54) is 0 Å². The lowest BCUT2D eigenvalue weighted by molar-refractivity contribution is 0.474. The molecule has 0 radical (unpaired) electrons. The van der Waals surface area contributed by atoms with Crippen molar-refractivity contribution in [2.24, 2.45) is 0 Å². The van der Waals surface area contributed by atoms with E-state index in [0.29, 0.717) is 6.42 Å². The molecule has 12 heavy (non-hydrogen) atoms. The molecule has 0 atom stereocenters. The first-order chi connectivity index (χ1) is 5.65. The maximum atomic E-state index is 9.21. The normalized spacial score (nSPS) is 9.42. The van der Waals surface area contributed by atoms with Crippen LogP contribution in [0.3, 0.4) is 0 Å². The number of nitriles is 1. The molecule has 0 unspecified atom stereocenters. The highest BCUT2D eigenvalue weighted by Crippen LogP contribution is 2.26. The van der Waals surface area contributed by atoms with Gasteiger partial charge in [0.05, 0.1) is 12.5 Å². The monoisotopic (exact) mass is 225 g/mol. The minimum atomic E-state index is 0.209. The molecule has 0 heterocycles. The molecular weight excluding hydrogens is 218 g/mol. The van der Waals surface area contributed by atoms with Crippen LogP contribution in [0.1, 0.15) is 11.1 Å². The molecule has 1 rings (SSSR count). The van der Waals surface area contributed by atoms with Crippen molar-refractivity contribution in [3.8, 4) is 11.8 Å². The first-order valence-electron chi connectivity index (χ1n) is 3.50. The van der Waals surface area contributed by atoms with Gasteiger partial charge in [-0.2, -0.15) is 5.26 Å². The molecule has 2 nitrogen and oxygen atoms in total. The van der Waals surface area contributed by atoms with Crippen LogP contribution in [0.4, 0.5) is 0 Å². The van der Waals surface area contributed by atoms with Crippen molar-refractivity contribution in [2.45, 2.75) is 13.3 Å². The number of halogens is 1. The number of nitrogens with zero attached hydrogens (tertiary/aromatic N) is 1. The zero-order chi connectivity index (χ0) is 9.14. The van der Waals surface area contributed by atoms with Gasteiger partial charge < -0.3 is 5.11 Å². The largest absolute Gasteiger partial charge is 0.508 e. The van der Waals surface area contributed by atoms with E-state index in [0.717, 1.165) is 15.6 Å². The summed E-state index contributed by atoms with van der Waals surface area (Å²) in [5.74, 6) is 0.209. The number of hydrogen-bond donors (Lipinski definition) is 1. The minimum Gasteiger partial charge on any atom is -0.508 e. The van der Waals surface area contributed by atoms with E-state index in [9.17, 15) is 5.11 Å². The summed E-state index contributed by atoms with van der Waals surface area (Å²) >= 11 is 3.35. The van der Waals surface area contributed by atoms with Gasteiger partial charge in [0.15, 0.2) is 0 Å². The van der Waals surface area contributed by atoms with Crippen molar-refractivity contribution in [2.75, 3.05) is 0 Å². The molecule has 0 aromatic heterocycles. The molecule has 0 saturated heterocycles. The minimum absolute atomic E-state index is 0.209. The van der Waals surface area contributed by atoms with Crippen LogP contribution < -0.4 is 0 Å². The summed E-state index contributed by atoms with van der Waals surface area (Å²) in [6, 6.07) is 5.29. The van der Waals surface area contributed by atoms with Crippen molar-refractivity contribution in [3.63, 3.8) is 0 Å². The molecule has 0 fully saturated rings. The van der Waals surface area contributed by atoms with Crippen LogP contribution in [0.5, 0.6) is 5.75 Å². The molecule has 0 aliphatic carbocycles. The molecule has 3 heteroatoms. The Morgan fingerprint density at radius 1 is 1.58 bits per heavy atom. The Morgan fingerprint density at radius 2 is 2.25 bits per heavy atom. The first-order valence-corrected chi connectivity index (χ1v) is 4.29. The third-order valence-corrected chi connectivity index (χ3v) is 2.72. The number of aryl methyl sites for hydroxylation is 1. The average Bonchev–Trinajstić information content (AvgIpc) is 2.00. The molecule has 1 N–H and O–H groups in total. The Balaban J connectivity index is 3.20. The van der Waals surface area contributed by atoms with Gasteiger partial charge in [-0.3, -0.25) is 0 Å². The third-order valence-electron chi connectivity index (χ3n) is 1.58. The quantitative estimate of drug-likeness (QED) is 0.799. The van der Waals surface area contributed by atoms with E-state index >= 15 is 0 Å². The smallest absolute Gasteiger partial charge is 0.116 e. The second kappa shape index (κ2) is 3.59. The van der Waals surface area contributed by atoms with Crippen LogP contribution in [0, 0.1) is 18.3 Å². The average molecular weight is 226 g/mol. The lowest BCUT2D eigenvalue weighted by atomic mass is 10.1. The van der Waals surface area contributed by atoms with Gasteiger partial charge in [0.25, 0.3) is 0 Å². The van der Waals surface area contributed by atoms with Crippen LogP contribution in [-0.2, 0) is 6.42 Å². The number of rotatable bonds is 1. The highest BCUT2D eigenvalue weighted by atomic mass is 79.9. The zero-order valence-electron chi connectivity index (χ0n) is 6.63. The van der Waals surface area contributed by atoms with Crippen LogP contribution in [-0.4, -0.2) is 5.11 Å². The summed E-state index contributed by atoms with van der Waals surface area (Å²) in [4.78, 5) is 0. The number of benzene rings is 1. The maximum absolute atomic E-state index is 9.21. The molecule has 62 valence electrons. The van der Waals surface area contributed by atoms with Gasteiger partial charge in [-0.15, -0.1) is 0 Å². The fourth-order valence-corrected chi connectivity index (χ4v) is 1.40. The molecule has 0 saturated carbocycles. The molecule has 1 aromatic carbocycles. The van der Waals surface area contributed by atoms with E-state index < -0.39 is 0 Å². The van der Waals surface area contributed by atoms with Crippen LogP contribution in [0.15, 0.2) is 16.6 Å². The lowest BCUT2D eigenvalue weighted by Gasteiger charge is -2.04. The zero-order valence-corrected chi connectivity index (χ0v) is 8.22. The van der Waals surface area contributed by atoms with Crippen LogP contribution >= 0.6 is 15.9 Å². The van der Waals surface area contributed by atoms with Gasteiger partial charge in [0.1, 0.15) is 5.75 Å². The van der Waals surface area contributed by atoms with Crippen molar-refractivity contribution in [3.05, 3.63) is 27.7 Å². The van der Waals surface area contributed by atoms with E-state index in [1.807, 2.05) is 13.0 Å². The molecule has 0 bridgehead atoms. The number of phenols is 1. The highest BCUT2D eigenvalue weighted by molar-refractivity contribution is 9.10. The predicted octanol–water partition coefficient (Wildman–Crippen LogP) is 2.53. The predicted molar refractivity (Wildman–Crippen MR) is 49.9 cm³/mol. The molecule has 0 spiro atoms. The SMILES string of the molecule is Cc1cc(O)cc(CC#N)c1Br. The fraction of sp³-hybridized carbons (Fsp3) is 0.222. The third kappa shape index (κ3) is 1.77. The van der Waals surface area contributed by atoms with E-state index in [4.69, 9.17) is 5.26 Å². The van der Waals surface area contributed by atoms with Gasteiger partial charge in [0.2, 0.25) is 0 Å². The van der Waals surface area contributed by atoms with Crippen molar-refractivity contribution >= 4 is 15.9 Å². The van der Waals surface area contributed by atoms with E-state index in [2.05, 4.69) is 15.9 Å². The van der Waals surface area contributed by atoms with Gasteiger partial charge in [-0.25, -0.2) is 0 Å². The molecule has 0 amide bonds. The number of phenolic OH excluding ortho intramolecular Hbond substituents is 1. The summed E-state index contributed by atoms with van der Waals surface area (Å²) in [6.45, 7) is 1.88. The maximum Gasteiger partial charge on any atom is 0.116 e. The van der Waals surface area contributed by atoms with Gasteiger partial charge in [0, 0.05) is 4.47 Å². The standard InChI is InChI=1S/C9H8BrNO/c1-6-4-8(12)5-7(2-3-11)9(6)10/h4-5,12H,2H2,1H3. The van der Waals surface area contributed by atoms with Gasteiger partial charge in [-0.1, -0.05) is 15.9 Å². The van der Waals surface area contributed by atoms with Gasteiger partial charge >= 0.3 is 0 Å². The summed E-state index contributed by atoms with van der Waals surface area (Å²) in [7, 11) is 0. The Bertz CT molecular complexity index is 341. The summed E-state index contributed by atoms with van der Waals surface area (Å²) in [5.41, 5.74) is 1.77. The summed E-state index contributed by atoms with van der Waals surface area (Å²) in [6.07, 6.45) is 0.315. The highest BCUT2D eigenvalue weighted by Gasteiger charge is 2.04. The summed E-state index contributed by atoms with van der Waals surface area (Å²) < 4.78 is 0.904. The Hall–Kier alpha value is -1.01. The van der Waals surface area contributed by atoms with Crippen LogP contribution in [0.2, 0.25) is 0 Å². The Morgan fingerprint density at radius 3 is 2.83 bits per heavy atom. The van der Waals surface area contributed by atoms with Crippen molar-refractivity contribution < 1.29 is 5.11 Å². The molecule has 1 aromatic rings. The lowest BCUT2D eigenvalue weighted by Crippen LogP contribution is -1.86. The van der Waals surface area contributed by atoms with E-state index in [1.54, 1.807) is 12.1 Å². The molecule has 0 aliphatic rings. The Kier molecular flexibility index (Phi) is 2.72. The fourth-order valence-electron chi connectivity index (χ4n) is 1.04. The topological polar surface area (TPSA) is 44.0 Å². The second-order valence-electron chi connectivity index (χ2n) is 2.57. The first kappa shape index (κ1) is 9.08. The van der Waals surface area contributed by atoms with Crippen molar-refractivity contribution in [1.29, 1.82) is 5.26 Å². The molecule has 0 aliphatic heterocycles. The van der Waals surface area contributed by atoms with E-state index in [-0.39, 0.29) is 5.75 Å². The van der Waals surface area contributed by atoms with Crippen LogP contribution in [0.25, 0.3) is 0 Å². The molecular formula is C9H8BrNO. The number of aromatic hydroxyl groups is 1. The number of hydrogen-bond acceptors (Lipinski definition) is 2. The van der Waals surface area contributed by atoms with Crippen molar-refractivity contribution in [1.82, 2.24) is 0 Å². The Labute approximate surface area is 79.6 Å². The van der Waals surface area contributed by atoms with Gasteiger partial charge in [-0.05, 0) is 30.2 Å². The summed E-state index contributed by atoms with van der Waals surface area (Å²) in [5, 5.41) is 17.7. The second-order valence-corrected chi connectivity index (χ2v) is 3.36.